The summed E-state index contributed by atoms with van der Waals surface area (Å²) in [4.78, 5) is 12.2. The highest BCUT2D eigenvalue weighted by molar-refractivity contribution is 5.64. The molecule has 0 amide bonds. The van der Waals surface area contributed by atoms with E-state index in [4.69, 9.17) is 15.3 Å². The summed E-state index contributed by atoms with van der Waals surface area (Å²) < 4.78 is 0. The summed E-state index contributed by atoms with van der Waals surface area (Å²) in [6, 6.07) is 66.1. The van der Waals surface area contributed by atoms with Crippen LogP contribution in [-0.4, -0.2) is 30.3 Å². The Morgan fingerprint density at radius 2 is 0.522 bits per heavy atom. The first-order valence-electron chi connectivity index (χ1n) is 31.5. The summed E-state index contributed by atoms with van der Waals surface area (Å²) in [6.07, 6.45) is 5.58. The zero-order chi connectivity index (χ0) is 69.0. The van der Waals surface area contributed by atoms with Crippen LogP contribution in [0.2, 0.25) is 0 Å². The van der Waals surface area contributed by atoms with E-state index in [9.17, 15) is 0 Å². The molecule has 0 aliphatic carbocycles. The lowest BCUT2D eigenvalue weighted by Gasteiger charge is -2.04. The number of nitrogens with zero attached hydrogens (tertiary/aromatic N) is 3. The van der Waals surface area contributed by atoms with Crippen molar-refractivity contribution in [3.05, 3.63) is 341 Å². The van der Waals surface area contributed by atoms with Crippen molar-refractivity contribution in [3.8, 4) is 28.4 Å². The van der Waals surface area contributed by atoms with Crippen LogP contribution in [0.25, 0.3) is 11.1 Å². The van der Waals surface area contributed by atoms with Gasteiger partial charge in [-0.2, -0.15) is 0 Å². The summed E-state index contributed by atoms with van der Waals surface area (Å²) in [7, 11) is 0. The fourth-order valence-corrected chi connectivity index (χ4v) is 8.36. The Bertz CT molecular complexity index is 3410. The van der Waals surface area contributed by atoms with E-state index in [0.29, 0.717) is 16.9 Å². The lowest BCUT2D eigenvalue weighted by atomic mass is 10.0. The maximum Gasteiger partial charge on any atom is 0.119 e. The largest absolute Gasteiger partial charge is 0.508 e. The minimum Gasteiger partial charge on any atom is -0.508 e. The number of pyridine rings is 3. The molecule has 92 heavy (non-hydrogen) atoms. The van der Waals surface area contributed by atoms with Crippen molar-refractivity contribution in [2.24, 2.45) is 0 Å². The number of phenols is 3. The molecule has 0 atom stereocenters. The van der Waals surface area contributed by atoms with Gasteiger partial charge in [0.1, 0.15) is 17.2 Å². The number of hydrogen-bond acceptors (Lipinski definition) is 6. The third-order valence-corrected chi connectivity index (χ3v) is 14.6. The number of aromatic hydroxyl groups is 3. The molecule has 0 spiro atoms. The van der Waals surface area contributed by atoms with Crippen LogP contribution in [0.15, 0.2) is 213 Å². The van der Waals surface area contributed by atoms with Gasteiger partial charge in [0.05, 0.1) is 0 Å². The van der Waals surface area contributed by atoms with Crippen molar-refractivity contribution in [2.45, 2.75) is 159 Å². The van der Waals surface area contributed by atoms with Gasteiger partial charge in [-0.1, -0.05) is 197 Å². The van der Waals surface area contributed by atoms with Gasteiger partial charge in [-0.3, -0.25) is 15.0 Å². The van der Waals surface area contributed by atoms with E-state index in [1.807, 2.05) is 110 Å². The molecular weight excluding hydrogens is 1120 g/mol. The molecule has 6 heteroatoms. The van der Waals surface area contributed by atoms with E-state index in [1.165, 1.54) is 100 Å². The third-order valence-electron chi connectivity index (χ3n) is 14.6. The average Bonchev–Trinajstić information content (AvgIpc) is 3.53. The molecule has 3 aromatic heterocycles. The number of phenolic OH excluding ortho intramolecular Hbond substituents is 3. The molecule has 11 aromatic rings. The van der Waals surface area contributed by atoms with Gasteiger partial charge in [-0.05, 0) is 279 Å². The standard InChI is InChI=1S/C14H14.C10H14.C9H12.C8H10O2.C8H10O.2C8H10.3C7H9N/c1-11-3-7-13(8-4-11)14-9-5-12(2)6-10-14;1-7-5-9(3)10(4)6-8(7)2;1-7-4-5-8(2)9(3)6-7;1-5-3-8(10)6(2)4-7(5)9;1-6-3-4-7(2)8(9)5-6;1-7-3-5-8(2)6-4-7;1-7-4-3-5-8(2)6-7;1-6-3-7(2)5-8-4-6;1-6-3-4-7(2)8-5-6;1-6-4-3-5-7(2)8-6/h3-10H,1-2H3;5-6H,1-4H3;4-6H,1-3H3;3-4,9-10H,1-2H3;3-5,9H,1-2H3;2*3-6H,1-2H3;3*3-5H,1-2H3. The molecule has 3 heterocycles. The zero-order valence-corrected chi connectivity index (χ0v) is 59.9. The van der Waals surface area contributed by atoms with Gasteiger partial charge in [-0.25, -0.2) is 0 Å². The lowest BCUT2D eigenvalue weighted by molar-refractivity contribution is 0.453. The fourth-order valence-electron chi connectivity index (χ4n) is 8.36. The lowest BCUT2D eigenvalue weighted by Crippen LogP contribution is -1.86. The molecule has 0 radical (unpaired) electrons. The van der Waals surface area contributed by atoms with Crippen LogP contribution in [0, 0.1) is 159 Å². The van der Waals surface area contributed by atoms with E-state index in [-0.39, 0.29) is 11.5 Å². The second-order valence-corrected chi connectivity index (χ2v) is 24.3. The Labute approximate surface area is 555 Å². The van der Waals surface area contributed by atoms with Crippen LogP contribution in [-0.2, 0) is 0 Å². The van der Waals surface area contributed by atoms with Gasteiger partial charge in [0.15, 0.2) is 0 Å². The van der Waals surface area contributed by atoms with Crippen LogP contribution in [0.3, 0.4) is 0 Å². The summed E-state index contributed by atoms with van der Waals surface area (Å²) in [5.41, 5.74) is 30.5. The van der Waals surface area contributed by atoms with E-state index < -0.39 is 0 Å². The Hall–Kier alpha value is -9.39. The van der Waals surface area contributed by atoms with Crippen LogP contribution >= 0.6 is 0 Å². The van der Waals surface area contributed by atoms with Crippen LogP contribution in [0.4, 0.5) is 0 Å². The van der Waals surface area contributed by atoms with Crippen molar-refractivity contribution < 1.29 is 15.3 Å². The molecule has 0 unspecified atom stereocenters. The Morgan fingerprint density at radius 3 is 0.804 bits per heavy atom. The average molecular weight is 1230 g/mol. The summed E-state index contributed by atoms with van der Waals surface area (Å²) in [6.45, 7) is 47.1. The maximum atomic E-state index is 9.11. The van der Waals surface area contributed by atoms with Crippen molar-refractivity contribution in [2.75, 3.05) is 0 Å². The number of hydrogen-bond donors (Lipinski definition) is 3. The number of aromatic nitrogens is 3. The molecule has 0 fully saturated rings. The Morgan fingerprint density at radius 1 is 0.207 bits per heavy atom. The van der Waals surface area contributed by atoms with Gasteiger partial charge in [0.25, 0.3) is 0 Å². The highest BCUT2D eigenvalue weighted by Gasteiger charge is 2.01. The second kappa shape index (κ2) is 41.8. The Kier molecular flexibility index (Phi) is 35.8. The van der Waals surface area contributed by atoms with Crippen LogP contribution < -0.4 is 0 Å². The predicted octanol–water partition coefficient (Wildman–Crippen LogP) is 22.9. The van der Waals surface area contributed by atoms with Gasteiger partial charge in [-0.15, -0.1) is 0 Å². The number of aryl methyl sites for hydroxylation is 23. The highest BCUT2D eigenvalue weighted by Crippen LogP contribution is 2.25. The molecule has 0 saturated carbocycles. The highest BCUT2D eigenvalue weighted by atomic mass is 16.3. The molecule has 0 aliphatic heterocycles. The molecule has 3 N–H and O–H groups in total. The first kappa shape index (κ1) is 78.7. The van der Waals surface area contributed by atoms with Crippen molar-refractivity contribution in [1.29, 1.82) is 0 Å². The van der Waals surface area contributed by atoms with E-state index >= 15 is 0 Å². The quantitative estimate of drug-likeness (QED) is 0.142. The summed E-state index contributed by atoms with van der Waals surface area (Å²) in [5.74, 6) is 0.848. The van der Waals surface area contributed by atoms with Crippen LogP contribution in [0.1, 0.15) is 128 Å². The molecule has 0 saturated heterocycles. The smallest absolute Gasteiger partial charge is 0.119 e. The third kappa shape index (κ3) is 34.0. The second-order valence-electron chi connectivity index (χ2n) is 24.3. The van der Waals surface area contributed by atoms with E-state index in [0.717, 1.165) is 28.2 Å². The van der Waals surface area contributed by atoms with Gasteiger partial charge in [0.2, 0.25) is 0 Å². The van der Waals surface area contributed by atoms with Crippen molar-refractivity contribution >= 4 is 0 Å². The summed E-state index contributed by atoms with van der Waals surface area (Å²) >= 11 is 0. The number of rotatable bonds is 1. The van der Waals surface area contributed by atoms with Crippen molar-refractivity contribution in [3.63, 3.8) is 0 Å². The normalized spacial score (nSPS) is 9.60. The zero-order valence-electron chi connectivity index (χ0n) is 59.9. The minimum absolute atomic E-state index is 0.232. The Balaban J connectivity index is 0.000000350. The first-order valence-corrected chi connectivity index (χ1v) is 31.5. The van der Waals surface area contributed by atoms with Gasteiger partial charge >= 0.3 is 0 Å². The van der Waals surface area contributed by atoms with Crippen LogP contribution in [0.5, 0.6) is 17.2 Å². The summed E-state index contributed by atoms with van der Waals surface area (Å²) in [5, 5.41) is 27.3. The molecule has 11 rings (SSSR count). The predicted molar refractivity (Wildman–Crippen MR) is 397 cm³/mol. The maximum absolute atomic E-state index is 9.11. The molecule has 0 bridgehead atoms. The fraction of sp³-hybridized carbons (Fsp3) is 0.267. The molecule has 6 nitrogen and oxygen atoms in total. The van der Waals surface area contributed by atoms with E-state index in [1.54, 1.807) is 32.0 Å². The molecule has 484 valence electrons. The number of benzene rings is 8. The van der Waals surface area contributed by atoms with Gasteiger partial charge in [0, 0.05) is 35.7 Å². The monoisotopic (exact) mass is 1230 g/mol. The van der Waals surface area contributed by atoms with Gasteiger partial charge < -0.3 is 15.3 Å². The molecular formula is C86H107N3O3. The SMILES string of the molecule is Cc1cc(C)c(C)cc1C.Cc1cc(O)c(C)cc1O.Cc1ccc(-c2ccc(C)cc2)cc1.Cc1ccc(C)c(C)c1.Cc1ccc(C)c(O)c1.Cc1ccc(C)cc1.Cc1ccc(C)nc1.Cc1cccc(C)c1.Cc1cccc(C)n1.Cc1cncc(C)c1. The topological polar surface area (TPSA) is 99.4 Å². The van der Waals surface area contributed by atoms with E-state index in [2.05, 4.69) is 244 Å². The minimum atomic E-state index is 0.232. The molecule has 0 aliphatic rings. The molecule has 8 aromatic carbocycles. The van der Waals surface area contributed by atoms with Crippen molar-refractivity contribution in [1.82, 2.24) is 15.0 Å². The first-order chi connectivity index (χ1) is 43.3.